The van der Waals surface area contributed by atoms with Gasteiger partial charge in [-0.1, -0.05) is 6.42 Å². The summed E-state index contributed by atoms with van der Waals surface area (Å²) in [5, 5.41) is 6.99. The number of hydrogen-bond acceptors (Lipinski definition) is 6. The standard InChI is InChI=1S/C20H21F3N6S/c1-12-8-15(30-28-14-4-3-5-14)6-7-17(12)26-19-24-10-16(20(21,22)23)18(27-19)13-9-25-29(2)11-13/h6-11,14,28H,3-5H2,1-2H3,(H,24,26,27). The number of halogens is 3. The van der Waals surface area contributed by atoms with Gasteiger partial charge in [0.15, 0.2) is 0 Å². The minimum Gasteiger partial charge on any atom is -0.324 e. The number of anilines is 2. The van der Waals surface area contributed by atoms with Crippen LogP contribution in [0.15, 0.2) is 41.7 Å². The van der Waals surface area contributed by atoms with Crippen molar-refractivity contribution in [1.29, 1.82) is 0 Å². The van der Waals surface area contributed by atoms with Crippen LogP contribution in [0, 0.1) is 6.92 Å². The minimum atomic E-state index is -4.56. The molecule has 0 radical (unpaired) electrons. The molecule has 1 aliphatic carbocycles. The number of rotatable bonds is 6. The van der Waals surface area contributed by atoms with Gasteiger partial charge in [-0.05, 0) is 55.5 Å². The van der Waals surface area contributed by atoms with Crippen LogP contribution >= 0.6 is 11.9 Å². The smallest absolute Gasteiger partial charge is 0.324 e. The van der Waals surface area contributed by atoms with Crippen LogP contribution in [0.4, 0.5) is 24.8 Å². The van der Waals surface area contributed by atoms with Crippen LogP contribution in [0.3, 0.4) is 0 Å². The number of alkyl halides is 3. The fraction of sp³-hybridized carbons (Fsp3) is 0.350. The molecule has 0 saturated heterocycles. The summed E-state index contributed by atoms with van der Waals surface area (Å²) in [6.45, 7) is 1.93. The van der Waals surface area contributed by atoms with Crippen molar-refractivity contribution in [2.45, 2.75) is 43.3 Å². The molecular weight excluding hydrogens is 413 g/mol. The molecule has 0 bridgehead atoms. The molecule has 10 heteroatoms. The van der Waals surface area contributed by atoms with Crippen molar-refractivity contribution in [1.82, 2.24) is 24.5 Å². The van der Waals surface area contributed by atoms with Crippen LogP contribution in [0.1, 0.15) is 30.4 Å². The van der Waals surface area contributed by atoms with E-state index in [9.17, 15) is 13.2 Å². The van der Waals surface area contributed by atoms with Crippen LogP contribution in [-0.4, -0.2) is 25.8 Å². The number of aromatic nitrogens is 4. The maximum atomic E-state index is 13.4. The number of aryl methyl sites for hydroxylation is 2. The topological polar surface area (TPSA) is 67.7 Å². The third kappa shape index (κ3) is 4.59. The number of nitrogens with one attached hydrogen (secondary N) is 2. The first-order valence-electron chi connectivity index (χ1n) is 9.53. The summed E-state index contributed by atoms with van der Waals surface area (Å²) >= 11 is 1.60. The molecule has 6 nitrogen and oxygen atoms in total. The molecule has 4 rings (SSSR count). The molecule has 1 aliphatic rings. The van der Waals surface area contributed by atoms with E-state index in [1.165, 1.54) is 36.3 Å². The molecule has 0 atom stereocenters. The first kappa shape index (κ1) is 20.7. The van der Waals surface area contributed by atoms with Crippen molar-refractivity contribution >= 4 is 23.6 Å². The molecule has 0 spiro atoms. The van der Waals surface area contributed by atoms with E-state index in [0.29, 0.717) is 6.04 Å². The fourth-order valence-electron chi connectivity index (χ4n) is 3.05. The highest BCUT2D eigenvalue weighted by atomic mass is 32.2. The lowest BCUT2D eigenvalue weighted by molar-refractivity contribution is -0.137. The monoisotopic (exact) mass is 434 g/mol. The van der Waals surface area contributed by atoms with Gasteiger partial charge in [0.1, 0.15) is 5.56 Å². The zero-order valence-electron chi connectivity index (χ0n) is 16.5. The van der Waals surface area contributed by atoms with Gasteiger partial charge in [0.25, 0.3) is 0 Å². The molecule has 0 aliphatic heterocycles. The van der Waals surface area contributed by atoms with Crippen LogP contribution < -0.4 is 10.0 Å². The predicted octanol–water partition coefficient (Wildman–Crippen LogP) is 5.10. The van der Waals surface area contributed by atoms with Crippen molar-refractivity contribution in [3.05, 3.63) is 47.9 Å². The fourth-order valence-corrected chi connectivity index (χ4v) is 3.96. The van der Waals surface area contributed by atoms with Gasteiger partial charge in [0.05, 0.1) is 11.9 Å². The average Bonchev–Trinajstić information content (AvgIpc) is 3.08. The summed E-state index contributed by atoms with van der Waals surface area (Å²) in [7, 11) is 1.64. The minimum absolute atomic E-state index is 0.0953. The highest BCUT2D eigenvalue weighted by molar-refractivity contribution is 7.97. The summed E-state index contributed by atoms with van der Waals surface area (Å²) in [5.41, 5.74) is 0.858. The second-order valence-corrected chi connectivity index (χ2v) is 8.22. The number of nitrogens with zero attached hydrogens (tertiary/aromatic N) is 4. The first-order valence-corrected chi connectivity index (χ1v) is 10.3. The maximum absolute atomic E-state index is 13.4. The normalized spacial score (nSPS) is 14.6. The van der Waals surface area contributed by atoms with Gasteiger partial charge in [-0.3, -0.25) is 9.40 Å². The second kappa shape index (κ2) is 8.27. The average molecular weight is 434 g/mol. The molecule has 2 N–H and O–H groups in total. The molecule has 3 aromatic rings. The molecule has 1 aromatic carbocycles. The molecule has 2 heterocycles. The summed E-state index contributed by atoms with van der Waals surface area (Å²) < 4.78 is 45.2. The van der Waals surface area contributed by atoms with E-state index < -0.39 is 11.7 Å². The van der Waals surface area contributed by atoms with E-state index in [2.05, 4.69) is 25.1 Å². The van der Waals surface area contributed by atoms with E-state index in [0.717, 1.165) is 22.3 Å². The van der Waals surface area contributed by atoms with Crippen molar-refractivity contribution in [2.75, 3.05) is 5.32 Å². The molecule has 1 fully saturated rings. The number of hydrogen-bond donors (Lipinski definition) is 2. The lowest BCUT2D eigenvalue weighted by Gasteiger charge is -2.25. The maximum Gasteiger partial charge on any atom is 0.419 e. The summed E-state index contributed by atoms with van der Waals surface area (Å²) in [5.74, 6) is 0.0953. The Morgan fingerprint density at radius 3 is 2.60 bits per heavy atom. The predicted molar refractivity (Wildman–Crippen MR) is 110 cm³/mol. The Balaban J connectivity index is 1.57. The molecule has 0 amide bonds. The van der Waals surface area contributed by atoms with Gasteiger partial charge in [-0.15, -0.1) is 0 Å². The molecule has 1 saturated carbocycles. The SMILES string of the molecule is Cc1cc(SNC2CCC2)ccc1Nc1ncc(C(F)(F)F)c(-c2cnn(C)c2)n1. The first-order chi connectivity index (χ1) is 14.3. The molecule has 2 aromatic heterocycles. The summed E-state index contributed by atoms with van der Waals surface area (Å²) in [6.07, 6.45) is 2.77. The van der Waals surface area contributed by atoms with Crippen molar-refractivity contribution in [3.8, 4) is 11.3 Å². The molecule has 30 heavy (non-hydrogen) atoms. The Labute approximate surface area is 176 Å². The Hall–Kier alpha value is -2.59. The summed E-state index contributed by atoms with van der Waals surface area (Å²) in [4.78, 5) is 9.11. The van der Waals surface area contributed by atoms with E-state index in [1.54, 1.807) is 19.0 Å². The van der Waals surface area contributed by atoms with Gasteiger partial charge in [0, 0.05) is 41.6 Å². The highest BCUT2D eigenvalue weighted by Gasteiger charge is 2.35. The van der Waals surface area contributed by atoms with Crippen molar-refractivity contribution < 1.29 is 13.2 Å². The Morgan fingerprint density at radius 1 is 1.20 bits per heavy atom. The number of benzene rings is 1. The summed E-state index contributed by atoms with van der Waals surface area (Å²) in [6, 6.07) is 6.42. The van der Waals surface area contributed by atoms with Gasteiger partial charge >= 0.3 is 6.18 Å². The lowest BCUT2D eigenvalue weighted by atomic mass is 9.94. The van der Waals surface area contributed by atoms with Gasteiger partial charge < -0.3 is 5.32 Å². The van der Waals surface area contributed by atoms with E-state index in [4.69, 9.17) is 0 Å². The lowest BCUT2D eigenvalue weighted by Crippen LogP contribution is -2.29. The Bertz CT molecular complexity index is 1050. The van der Waals surface area contributed by atoms with Crippen LogP contribution in [0.2, 0.25) is 0 Å². The van der Waals surface area contributed by atoms with E-state index in [-0.39, 0.29) is 17.2 Å². The Morgan fingerprint density at radius 2 is 2.00 bits per heavy atom. The van der Waals surface area contributed by atoms with Crippen LogP contribution in [0.25, 0.3) is 11.3 Å². The molecule has 0 unspecified atom stereocenters. The van der Waals surface area contributed by atoms with Crippen LogP contribution in [-0.2, 0) is 13.2 Å². The van der Waals surface area contributed by atoms with E-state index in [1.807, 2.05) is 25.1 Å². The van der Waals surface area contributed by atoms with Crippen molar-refractivity contribution in [2.24, 2.45) is 7.05 Å². The quantitative estimate of drug-likeness (QED) is 0.527. The third-order valence-corrected chi connectivity index (χ3v) is 5.91. The van der Waals surface area contributed by atoms with E-state index >= 15 is 0 Å². The van der Waals surface area contributed by atoms with Gasteiger partial charge in [-0.25, -0.2) is 9.97 Å². The zero-order valence-corrected chi connectivity index (χ0v) is 17.3. The van der Waals surface area contributed by atoms with Crippen LogP contribution in [0.5, 0.6) is 0 Å². The van der Waals surface area contributed by atoms with Gasteiger partial charge in [-0.2, -0.15) is 18.3 Å². The van der Waals surface area contributed by atoms with Crippen molar-refractivity contribution in [3.63, 3.8) is 0 Å². The van der Waals surface area contributed by atoms with Gasteiger partial charge in [0.2, 0.25) is 5.95 Å². The third-order valence-electron chi connectivity index (χ3n) is 4.97. The molecule has 158 valence electrons. The second-order valence-electron chi connectivity index (χ2n) is 7.31. The largest absolute Gasteiger partial charge is 0.419 e. The Kier molecular flexibility index (Phi) is 5.70. The molecular formula is C20H21F3N6S. The highest BCUT2D eigenvalue weighted by Crippen LogP contribution is 2.36. The zero-order chi connectivity index (χ0) is 21.3.